The number of hydrogen-bond donors (Lipinski definition) is 1. The van der Waals surface area contributed by atoms with Crippen LogP contribution in [-0.4, -0.2) is 9.67 Å². The van der Waals surface area contributed by atoms with Gasteiger partial charge in [0, 0.05) is 17.8 Å². The number of fused-ring (bicyclic) bond motifs is 3. The zero-order valence-electron chi connectivity index (χ0n) is 14.3. The van der Waals surface area contributed by atoms with Crippen molar-refractivity contribution in [2.45, 2.75) is 84.1 Å². The Bertz CT molecular complexity index is 540. The highest BCUT2D eigenvalue weighted by atomic mass is 16.3. The van der Waals surface area contributed by atoms with Crippen molar-refractivity contribution in [1.29, 1.82) is 0 Å². The summed E-state index contributed by atoms with van der Waals surface area (Å²) >= 11 is 0. The van der Waals surface area contributed by atoms with Crippen LogP contribution in [0.1, 0.15) is 81.7 Å². The van der Waals surface area contributed by atoms with E-state index in [1.54, 1.807) is 0 Å². The summed E-state index contributed by atoms with van der Waals surface area (Å²) < 4.78 is 2.45. The monoisotopic (exact) mass is 301 g/mol. The minimum Gasteiger partial charge on any atom is -0.506 e. The van der Waals surface area contributed by atoms with Crippen LogP contribution >= 0.6 is 0 Å². The van der Waals surface area contributed by atoms with E-state index < -0.39 is 0 Å². The highest BCUT2D eigenvalue weighted by molar-refractivity contribution is 5.48. The minimum absolute atomic E-state index is 0.462. The molecule has 0 aromatic carbocycles. The molecule has 122 valence electrons. The lowest BCUT2D eigenvalue weighted by Gasteiger charge is -2.23. The topological polar surface area (TPSA) is 25.2 Å². The fraction of sp³-hybridized carbons (Fsp3) is 0.700. The third-order valence-electron chi connectivity index (χ3n) is 5.71. The Morgan fingerprint density at radius 1 is 1.09 bits per heavy atom. The molecule has 0 saturated heterocycles. The summed E-state index contributed by atoms with van der Waals surface area (Å²) in [4.78, 5) is 0. The molecule has 0 spiro atoms. The maximum atomic E-state index is 10.9. The van der Waals surface area contributed by atoms with Gasteiger partial charge >= 0.3 is 0 Å². The molecule has 2 atom stereocenters. The van der Waals surface area contributed by atoms with E-state index in [4.69, 9.17) is 0 Å². The molecule has 2 heterocycles. The van der Waals surface area contributed by atoms with Gasteiger partial charge < -0.3 is 9.67 Å². The fourth-order valence-electron chi connectivity index (χ4n) is 4.51. The average molecular weight is 301 g/mol. The van der Waals surface area contributed by atoms with Gasteiger partial charge in [-0.15, -0.1) is 0 Å². The SMILES string of the molecule is CCC1c2c(O)c3n(c2CCCCCCC=CC1C)CCC3. The van der Waals surface area contributed by atoms with E-state index in [0.29, 0.717) is 17.6 Å². The van der Waals surface area contributed by atoms with Gasteiger partial charge in [0.2, 0.25) is 0 Å². The summed E-state index contributed by atoms with van der Waals surface area (Å²) in [5.74, 6) is 1.61. The van der Waals surface area contributed by atoms with Crippen LogP contribution in [0.3, 0.4) is 0 Å². The maximum absolute atomic E-state index is 10.9. The smallest absolute Gasteiger partial charge is 0.140 e. The summed E-state index contributed by atoms with van der Waals surface area (Å²) in [6.07, 6.45) is 15.7. The van der Waals surface area contributed by atoms with E-state index in [0.717, 1.165) is 25.8 Å². The summed E-state index contributed by atoms with van der Waals surface area (Å²) in [7, 11) is 0. The molecular weight excluding hydrogens is 270 g/mol. The minimum atomic E-state index is 0.462. The molecule has 2 aliphatic rings. The van der Waals surface area contributed by atoms with Gasteiger partial charge in [0.05, 0.1) is 5.69 Å². The van der Waals surface area contributed by atoms with Crippen molar-refractivity contribution in [3.8, 4) is 5.75 Å². The molecule has 1 aliphatic heterocycles. The van der Waals surface area contributed by atoms with Gasteiger partial charge in [-0.1, -0.05) is 38.8 Å². The lowest BCUT2D eigenvalue weighted by molar-refractivity contribution is 0.439. The third kappa shape index (κ3) is 2.85. The van der Waals surface area contributed by atoms with E-state index in [1.165, 1.54) is 55.5 Å². The van der Waals surface area contributed by atoms with Crippen LogP contribution in [0.4, 0.5) is 0 Å². The second-order valence-electron chi connectivity index (χ2n) is 7.17. The lowest BCUT2D eigenvalue weighted by atomic mass is 9.83. The van der Waals surface area contributed by atoms with Crippen LogP contribution in [0.2, 0.25) is 0 Å². The Kier molecular flexibility index (Phi) is 4.95. The Morgan fingerprint density at radius 2 is 1.86 bits per heavy atom. The molecule has 1 aliphatic carbocycles. The molecule has 2 unspecified atom stereocenters. The van der Waals surface area contributed by atoms with Gasteiger partial charge in [-0.05, 0) is 56.8 Å². The van der Waals surface area contributed by atoms with Crippen molar-refractivity contribution < 1.29 is 5.11 Å². The first-order chi connectivity index (χ1) is 10.7. The largest absolute Gasteiger partial charge is 0.506 e. The van der Waals surface area contributed by atoms with Gasteiger partial charge in [-0.25, -0.2) is 0 Å². The molecule has 1 aromatic heterocycles. The second kappa shape index (κ2) is 6.93. The molecule has 3 rings (SSSR count). The number of aromatic nitrogens is 1. The first-order valence-corrected chi connectivity index (χ1v) is 9.33. The van der Waals surface area contributed by atoms with Crippen molar-refractivity contribution in [2.24, 2.45) is 5.92 Å². The number of aromatic hydroxyl groups is 1. The number of allylic oxidation sites excluding steroid dienone is 2. The van der Waals surface area contributed by atoms with Crippen LogP contribution < -0.4 is 0 Å². The first kappa shape index (κ1) is 15.7. The van der Waals surface area contributed by atoms with Crippen LogP contribution in [0.15, 0.2) is 12.2 Å². The van der Waals surface area contributed by atoms with Gasteiger partial charge in [-0.3, -0.25) is 0 Å². The molecule has 0 fully saturated rings. The number of hydrogen-bond acceptors (Lipinski definition) is 1. The predicted octanol–water partition coefficient (Wildman–Crippen LogP) is 5.33. The maximum Gasteiger partial charge on any atom is 0.140 e. The van der Waals surface area contributed by atoms with E-state index in [9.17, 15) is 5.11 Å². The second-order valence-corrected chi connectivity index (χ2v) is 7.17. The van der Waals surface area contributed by atoms with E-state index in [2.05, 4.69) is 30.6 Å². The van der Waals surface area contributed by atoms with Gasteiger partial charge in [0.1, 0.15) is 5.75 Å². The summed E-state index contributed by atoms with van der Waals surface area (Å²) in [6.45, 7) is 5.70. The van der Waals surface area contributed by atoms with Crippen molar-refractivity contribution >= 4 is 0 Å². The average Bonchev–Trinajstić information content (AvgIpc) is 3.07. The van der Waals surface area contributed by atoms with E-state index in [1.807, 2.05) is 0 Å². The van der Waals surface area contributed by atoms with Crippen molar-refractivity contribution in [1.82, 2.24) is 4.57 Å². The third-order valence-corrected chi connectivity index (χ3v) is 5.71. The van der Waals surface area contributed by atoms with Crippen LogP contribution in [0, 0.1) is 5.92 Å². The van der Waals surface area contributed by atoms with Gasteiger partial charge in [0.25, 0.3) is 0 Å². The van der Waals surface area contributed by atoms with Crippen LogP contribution in [-0.2, 0) is 19.4 Å². The Hall–Kier alpha value is -1.18. The highest BCUT2D eigenvalue weighted by Gasteiger charge is 2.30. The number of rotatable bonds is 1. The molecule has 0 amide bonds. The summed E-state index contributed by atoms with van der Waals surface area (Å²) in [5, 5.41) is 10.9. The normalized spacial score (nSPS) is 26.1. The first-order valence-electron chi connectivity index (χ1n) is 9.33. The van der Waals surface area contributed by atoms with Gasteiger partial charge in [-0.2, -0.15) is 0 Å². The standard InChI is InChI=1S/C20H31NO/c1-3-16-15(2)11-8-6-4-5-7-9-12-17-19(16)20(22)18-13-10-14-21(17)18/h8,11,15-16,22H,3-7,9-10,12-14H2,1-2H3. The Labute approximate surface area is 135 Å². The van der Waals surface area contributed by atoms with Crippen molar-refractivity contribution in [3.05, 3.63) is 29.1 Å². The van der Waals surface area contributed by atoms with Gasteiger partial charge in [0.15, 0.2) is 0 Å². The quantitative estimate of drug-likeness (QED) is 0.697. The van der Waals surface area contributed by atoms with Crippen molar-refractivity contribution in [3.63, 3.8) is 0 Å². The Morgan fingerprint density at radius 3 is 2.68 bits per heavy atom. The molecule has 1 N–H and O–H groups in total. The lowest BCUT2D eigenvalue weighted by Crippen LogP contribution is -2.11. The molecule has 22 heavy (non-hydrogen) atoms. The number of nitrogens with zero attached hydrogens (tertiary/aromatic N) is 1. The zero-order valence-corrected chi connectivity index (χ0v) is 14.3. The zero-order chi connectivity index (χ0) is 15.5. The van der Waals surface area contributed by atoms with Crippen LogP contribution in [0.5, 0.6) is 5.75 Å². The highest BCUT2D eigenvalue weighted by Crippen LogP contribution is 2.44. The summed E-state index contributed by atoms with van der Waals surface area (Å²) in [5.41, 5.74) is 3.96. The van der Waals surface area contributed by atoms with Crippen molar-refractivity contribution in [2.75, 3.05) is 0 Å². The summed E-state index contributed by atoms with van der Waals surface area (Å²) in [6, 6.07) is 0. The van der Waals surface area contributed by atoms with E-state index >= 15 is 0 Å². The molecular formula is C20H31NO. The molecule has 2 heteroatoms. The molecule has 0 bridgehead atoms. The van der Waals surface area contributed by atoms with E-state index in [-0.39, 0.29) is 0 Å². The predicted molar refractivity (Wildman–Crippen MR) is 92.5 cm³/mol. The molecule has 0 saturated carbocycles. The molecule has 2 nitrogen and oxygen atoms in total. The fourth-order valence-corrected chi connectivity index (χ4v) is 4.51. The Balaban J connectivity index is 2.03. The molecule has 1 aromatic rings. The van der Waals surface area contributed by atoms with Crippen LogP contribution in [0.25, 0.3) is 0 Å². The molecule has 0 radical (unpaired) electrons.